The molecule has 7 heteroatoms. The van der Waals surface area contributed by atoms with Crippen molar-refractivity contribution < 1.29 is 9.15 Å². The van der Waals surface area contributed by atoms with Crippen LogP contribution in [0.4, 0.5) is 0 Å². The fourth-order valence-electron chi connectivity index (χ4n) is 4.11. The summed E-state index contributed by atoms with van der Waals surface area (Å²) in [6.07, 6.45) is 3.09. The van der Waals surface area contributed by atoms with E-state index in [1.165, 1.54) is 5.56 Å². The highest BCUT2D eigenvalue weighted by Gasteiger charge is 2.37. The van der Waals surface area contributed by atoms with E-state index in [9.17, 15) is 4.79 Å². The van der Waals surface area contributed by atoms with Gasteiger partial charge < -0.3 is 14.5 Å². The quantitative estimate of drug-likeness (QED) is 0.781. The van der Waals surface area contributed by atoms with Gasteiger partial charge in [0, 0.05) is 31.1 Å². The highest BCUT2D eigenvalue weighted by molar-refractivity contribution is 5.85. The zero-order chi connectivity index (χ0) is 17.3. The smallest absolute Gasteiger partial charge is 0.336 e. The van der Waals surface area contributed by atoms with E-state index in [-0.39, 0.29) is 36.0 Å². The van der Waals surface area contributed by atoms with Crippen LogP contribution in [0.25, 0.3) is 11.0 Å². The Morgan fingerprint density at radius 1 is 1.19 bits per heavy atom. The summed E-state index contributed by atoms with van der Waals surface area (Å²) in [6.45, 7) is 7.56. The highest BCUT2D eigenvalue weighted by Crippen LogP contribution is 2.29. The molecule has 1 N–H and O–H groups in total. The van der Waals surface area contributed by atoms with E-state index < -0.39 is 0 Å². The first-order chi connectivity index (χ1) is 12.2. The van der Waals surface area contributed by atoms with Crippen molar-refractivity contribution in [1.82, 2.24) is 10.2 Å². The number of aryl methyl sites for hydroxylation is 1. The predicted molar refractivity (Wildman–Crippen MR) is 112 cm³/mol. The van der Waals surface area contributed by atoms with Crippen molar-refractivity contribution in [1.29, 1.82) is 0 Å². The van der Waals surface area contributed by atoms with Gasteiger partial charge in [-0.25, -0.2) is 4.79 Å². The van der Waals surface area contributed by atoms with E-state index in [0.717, 1.165) is 69.5 Å². The molecule has 2 saturated heterocycles. The molecule has 2 aromatic rings. The van der Waals surface area contributed by atoms with Gasteiger partial charge in [0.15, 0.2) is 0 Å². The molecule has 5 nitrogen and oxygen atoms in total. The number of nitrogens with zero attached hydrogens (tertiary/aromatic N) is 1. The van der Waals surface area contributed by atoms with Gasteiger partial charge in [0.2, 0.25) is 0 Å². The first-order valence-corrected chi connectivity index (χ1v) is 9.30. The number of nitrogens with one attached hydrogen (secondary N) is 1. The van der Waals surface area contributed by atoms with Gasteiger partial charge in [0.05, 0.1) is 12.2 Å². The molecule has 2 aliphatic rings. The number of fused-ring (bicyclic) bond motifs is 1. The number of ether oxygens (including phenoxy) is 1. The molecule has 1 aromatic carbocycles. The average molecular weight is 415 g/mol. The summed E-state index contributed by atoms with van der Waals surface area (Å²) in [5.41, 5.74) is 2.72. The molecule has 2 fully saturated rings. The van der Waals surface area contributed by atoms with Crippen LogP contribution in [0.1, 0.15) is 30.9 Å². The Labute approximate surface area is 172 Å². The minimum atomic E-state index is -0.267. The van der Waals surface area contributed by atoms with Crippen molar-refractivity contribution in [3.05, 3.63) is 45.8 Å². The second kappa shape index (κ2) is 9.39. The van der Waals surface area contributed by atoms with Gasteiger partial charge in [0.1, 0.15) is 5.58 Å². The van der Waals surface area contributed by atoms with Gasteiger partial charge in [-0.05, 0) is 55.6 Å². The van der Waals surface area contributed by atoms with Crippen LogP contribution in [-0.4, -0.2) is 43.3 Å². The van der Waals surface area contributed by atoms with E-state index in [2.05, 4.69) is 23.2 Å². The lowest BCUT2D eigenvalue weighted by Gasteiger charge is -2.45. The Balaban J connectivity index is 0.00000131. The molecule has 0 unspecified atom stereocenters. The molecule has 1 spiro atoms. The van der Waals surface area contributed by atoms with Crippen LogP contribution >= 0.6 is 24.8 Å². The summed E-state index contributed by atoms with van der Waals surface area (Å²) in [5, 5.41) is 4.47. The van der Waals surface area contributed by atoms with Gasteiger partial charge in [-0.2, -0.15) is 0 Å². The Morgan fingerprint density at radius 2 is 1.96 bits per heavy atom. The van der Waals surface area contributed by atoms with E-state index in [4.69, 9.17) is 9.15 Å². The molecule has 0 bridgehead atoms. The number of halogens is 2. The maximum atomic E-state index is 12.0. The number of piperidine rings is 1. The van der Waals surface area contributed by atoms with Gasteiger partial charge >= 0.3 is 5.63 Å². The molecule has 0 aliphatic carbocycles. The molecule has 0 atom stereocenters. The van der Waals surface area contributed by atoms with E-state index >= 15 is 0 Å². The maximum absolute atomic E-state index is 12.0. The first kappa shape index (κ1) is 22.2. The number of hydrogen-bond acceptors (Lipinski definition) is 5. The van der Waals surface area contributed by atoms with E-state index in [1.54, 1.807) is 6.07 Å². The molecule has 4 rings (SSSR count). The monoisotopic (exact) mass is 414 g/mol. The van der Waals surface area contributed by atoms with Crippen LogP contribution in [0, 0.1) is 0 Å². The van der Waals surface area contributed by atoms with Crippen molar-refractivity contribution >= 4 is 35.8 Å². The summed E-state index contributed by atoms with van der Waals surface area (Å²) >= 11 is 0. The number of hydrogen-bond donors (Lipinski definition) is 1. The Hall–Kier alpha value is -1.11. The third-order valence-corrected chi connectivity index (χ3v) is 5.54. The van der Waals surface area contributed by atoms with Crippen LogP contribution < -0.4 is 10.9 Å². The largest absolute Gasteiger partial charge is 0.423 e. The van der Waals surface area contributed by atoms with E-state index in [0.29, 0.717) is 5.58 Å². The molecule has 2 aliphatic heterocycles. The molecule has 0 amide bonds. The van der Waals surface area contributed by atoms with Crippen molar-refractivity contribution in [2.24, 2.45) is 0 Å². The molecule has 0 saturated carbocycles. The van der Waals surface area contributed by atoms with Gasteiger partial charge in [-0.3, -0.25) is 4.90 Å². The zero-order valence-corrected chi connectivity index (χ0v) is 17.3. The van der Waals surface area contributed by atoms with Crippen molar-refractivity contribution in [2.75, 3.05) is 32.8 Å². The molecule has 1 aromatic heterocycles. The number of morpholine rings is 1. The lowest BCUT2D eigenvalue weighted by atomic mass is 9.90. The fourth-order valence-corrected chi connectivity index (χ4v) is 4.11. The number of rotatable bonds is 3. The SMILES string of the molecule is CCc1ccc2oc(=O)cc(CN3CCOC4(CCNCC4)C3)c2c1.Cl.Cl. The normalized spacial score (nSPS) is 19.4. The van der Waals surface area contributed by atoms with Crippen molar-refractivity contribution in [3.63, 3.8) is 0 Å². The Morgan fingerprint density at radius 3 is 2.70 bits per heavy atom. The zero-order valence-electron chi connectivity index (χ0n) is 15.7. The predicted octanol–water partition coefficient (Wildman–Crippen LogP) is 3.15. The van der Waals surface area contributed by atoms with Gasteiger partial charge in [-0.15, -0.1) is 24.8 Å². The second-order valence-electron chi connectivity index (χ2n) is 7.27. The van der Waals surface area contributed by atoms with Crippen molar-refractivity contribution in [2.45, 2.75) is 38.3 Å². The summed E-state index contributed by atoms with van der Waals surface area (Å²) in [6, 6.07) is 7.78. The maximum Gasteiger partial charge on any atom is 0.336 e. The molecule has 150 valence electrons. The average Bonchev–Trinajstić information content (AvgIpc) is 2.62. The van der Waals surface area contributed by atoms with Crippen LogP contribution in [0.5, 0.6) is 0 Å². The van der Waals surface area contributed by atoms with Crippen molar-refractivity contribution in [3.8, 4) is 0 Å². The lowest BCUT2D eigenvalue weighted by molar-refractivity contribution is -0.125. The molecule has 27 heavy (non-hydrogen) atoms. The fraction of sp³-hybridized carbons (Fsp3) is 0.550. The Kier molecular flexibility index (Phi) is 7.72. The topological polar surface area (TPSA) is 54.7 Å². The molecular weight excluding hydrogens is 387 g/mol. The Bertz CT molecular complexity index is 813. The van der Waals surface area contributed by atoms with Crippen LogP contribution in [0.3, 0.4) is 0 Å². The minimum Gasteiger partial charge on any atom is -0.423 e. The third-order valence-electron chi connectivity index (χ3n) is 5.54. The third kappa shape index (κ3) is 4.84. The standard InChI is InChI=1S/C20H26N2O3.2ClH/c1-2-15-3-4-18-17(11-15)16(12-19(23)25-18)13-22-9-10-24-20(14-22)5-7-21-8-6-20;;/h3-4,11-12,21H,2,5-10,13-14H2,1H3;2*1H. The van der Waals surface area contributed by atoms with Crippen LogP contribution in [-0.2, 0) is 17.7 Å². The first-order valence-electron chi connectivity index (χ1n) is 9.30. The van der Waals surface area contributed by atoms with Gasteiger partial charge in [-0.1, -0.05) is 13.0 Å². The summed E-state index contributed by atoms with van der Waals surface area (Å²) < 4.78 is 11.6. The molecule has 0 radical (unpaired) electrons. The van der Waals surface area contributed by atoms with Crippen LogP contribution in [0.2, 0.25) is 0 Å². The molecular formula is C20H28Cl2N2O3. The summed E-state index contributed by atoms with van der Waals surface area (Å²) in [4.78, 5) is 14.4. The molecule has 3 heterocycles. The van der Waals surface area contributed by atoms with Gasteiger partial charge in [0.25, 0.3) is 0 Å². The number of benzene rings is 1. The van der Waals surface area contributed by atoms with Crippen LogP contribution in [0.15, 0.2) is 33.5 Å². The minimum absolute atomic E-state index is 0. The highest BCUT2D eigenvalue weighted by atomic mass is 35.5. The summed E-state index contributed by atoms with van der Waals surface area (Å²) in [5.74, 6) is 0. The van der Waals surface area contributed by atoms with E-state index in [1.807, 2.05) is 12.1 Å². The second-order valence-corrected chi connectivity index (χ2v) is 7.27. The lowest BCUT2D eigenvalue weighted by Crippen LogP contribution is -2.55. The summed E-state index contributed by atoms with van der Waals surface area (Å²) in [7, 11) is 0.